The molecule has 3 rings (SSSR count). The summed E-state index contributed by atoms with van der Waals surface area (Å²) in [7, 11) is 0. The number of carbonyl (C=O) groups is 1. The number of thioether (sulfide) groups is 1. The maximum absolute atomic E-state index is 13.0. The quantitative estimate of drug-likeness (QED) is 0.511. The molecule has 1 saturated heterocycles. The van der Waals surface area contributed by atoms with E-state index in [9.17, 15) is 31.1 Å². The van der Waals surface area contributed by atoms with Gasteiger partial charge in [0.15, 0.2) is 5.17 Å². The van der Waals surface area contributed by atoms with E-state index in [1.807, 2.05) is 11.8 Å². The summed E-state index contributed by atoms with van der Waals surface area (Å²) in [6.07, 6.45) is -4.43. The molecule has 1 unspecified atom stereocenters. The van der Waals surface area contributed by atoms with Crippen molar-refractivity contribution in [2.45, 2.75) is 69.9 Å². The first-order valence-electron chi connectivity index (χ1n) is 10.5. The Kier molecular flexibility index (Phi) is 7.67. The molecule has 4 nitrogen and oxygen atoms in total. The Bertz CT molecular complexity index is 817. The van der Waals surface area contributed by atoms with E-state index in [0.29, 0.717) is 24.4 Å². The van der Waals surface area contributed by atoms with Crippen LogP contribution in [0, 0.1) is 0 Å². The second-order valence-electron chi connectivity index (χ2n) is 8.00. The largest absolute Gasteiger partial charge is 0.416 e. The van der Waals surface area contributed by atoms with E-state index >= 15 is 0 Å². The van der Waals surface area contributed by atoms with Gasteiger partial charge in [-0.05, 0) is 38.0 Å². The van der Waals surface area contributed by atoms with Crippen molar-refractivity contribution in [1.29, 1.82) is 0 Å². The smallest absolute Gasteiger partial charge is 0.347 e. The molecule has 11 heteroatoms. The van der Waals surface area contributed by atoms with E-state index in [-0.39, 0.29) is 24.6 Å². The van der Waals surface area contributed by atoms with E-state index in [4.69, 9.17) is 4.99 Å². The summed E-state index contributed by atoms with van der Waals surface area (Å²) < 4.78 is 78.2. The normalized spacial score (nSPS) is 21.9. The number of benzene rings is 1. The fourth-order valence-electron chi connectivity index (χ4n) is 3.99. The van der Waals surface area contributed by atoms with Crippen LogP contribution in [0.15, 0.2) is 23.2 Å². The Morgan fingerprint density at radius 1 is 1.06 bits per heavy atom. The molecule has 32 heavy (non-hydrogen) atoms. The molecule has 1 amide bonds. The number of nitrogens with zero attached hydrogens (tertiary/aromatic N) is 2. The zero-order chi connectivity index (χ0) is 23.5. The molecule has 1 heterocycles. The number of carbonyl (C=O) groups excluding carboxylic acids is 1. The lowest BCUT2D eigenvalue weighted by atomic mass is 9.96. The van der Waals surface area contributed by atoms with Crippen molar-refractivity contribution in [3.63, 3.8) is 0 Å². The lowest BCUT2D eigenvalue weighted by Crippen LogP contribution is -2.37. The van der Waals surface area contributed by atoms with Gasteiger partial charge in [0.25, 0.3) is 0 Å². The van der Waals surface area contributed by atoms with Gasteiger partial charge in [-0.3, -0.25) is 9.79 Å². The molecule has 2 aliphatic rings. The fraction of sp³-hybridized carbons (Fsp3) is 0.619. The predicted octanol–water partition coefficient (Wildman–Crippen LogP) is 6.18. The van der Waals surface area contributed by atoms with Crippen LogP contribution < -0.4 is 5.32 Å². The van der Waals surface area contributed by atoms with E-state index in [1.54, 1.807) is 0 Å². The van der Waals surface area contributed by atoms with Gasteiger partial charge in [0, 0.05) is 30.4 Å². The van der Waals surface area contributed by atoms with Crippen LogP contribution in [0.2, 0.25) is 0 Å². The van der Waals surface area contributed by atoms with Crippen molar-refractivity contribution in [2.24, 2.45) is 4.99 Å². The summed E-state index contributed by atoms with van der Waals surface area (Å²) in [4.78, 5) is 19.3. The molecule has 1 saturated carbocycles. The number of rotatable bonds is 5. The maximum atomic E-state index is 13.0. The molecule has 1 atom stereocenters. The first kappa shape index (κ1) is 24.7. The summed E-state index contributed by atoms with van der Waals surface area (Å²) in [6, 6.07) is 1.11. The Labute approximate surface area is 186 Å². The average molecular weight is 482 g/mol. The van der Waals surface area contributed by atoms with Gasteiger partial charge in [0.2, 0.25) is 5.91 Å². The molecule has 1 N–H and O–H groups in total. The second-order valence-corrected chi connectivity index (χ2v) is 8.99. The average Bonchev–Trinajstić information content (AvgIpc) is 3.08. The molecule has 178 valence electrons. The minimum absolute atomic E-state index is 0.0378. The first-order chi connectivity index (χ1) is 15.0. The highest BCUT2D eigenvalue weighted by Gasteiger charge is 2.37. The van der Waals surface area contributed by atoms with E-state index < -0.39 is 35.1 Å². The van der Waals surface area contributed by atoms with Gasteiger partial charge in [-0.2, -0.15) is 26.3 Å². The van der Waals surface area contributed by atoms with Crippen molar-refractivity contribution in [2.75, 3.05) is 17.6 Å². The molecule has 1 aromatic rings. The second kappa shape index (κ2) is 9.93. The van der Waals surface area contributed by atoms with Crippen molar-refractivity contribution >= 4 is 28.5 Å². The van der Waals surface area contributed by atoms with E-state index in [0.717, 1.165) is 30.9 Å². The first-order valence-corrected chi connectivity index (χ1v) is 11.5. The fourth-order valence-corrected chi connectivity index (χ4v) is 5.30. The minimum Gasteiger partial charge on any atom is -0.347 e. The molecule has 0 bridgehead atoms. The standard InChI is InChI=1S/C21H25F6N3OS/c1-2-30-17(12-32-19(30)29-15-6-4-3-5-7-15)11-18(31)28-16-9-13(20(22,23)24)8-14(10-16)21(25,26)27/h8-10,15,17H,2-7,11-12H2,1H3,(H,28,31). The zero-order valence-electron chi connectivity index (χ0n) is 17.5. The van der Waals surface area contributed by atoms with Gasteiger partial charge in [-0.1, -0.05) is 31.0 Å². The molecular weight excluding hydrogens is 456 g/mol. The van der Waals surface area contributed by atoms with Crippen LogP contribution in [-0.4, -0.2) is 40.4 Å². The summed E-state index contributed by atoms with van der Waals surface area (Å²) in [6.45, 7) is 2.54. The Morgan fingerprint density at radius 2 is 1.66 bits per heavy atom. The molecular formula is C21H25F6N3OS. The summed E-state index contributed by atoms with van der Waals surface area (Å²) in [5.41, 5.74) is -3.45. The van der Waals surface area contributed by atoms with Crippen molar-refractivity contribution in [1.82, 2.24) is 4.90 Å². The van der Waals surface area contributed by atoms with Crippen LogP contribution in [0.1, 0.15) is 56.6 Å². The number of alkyl halides is 6. The van der Waals surface area contributed by atoms with Crippen LogP contribution in [0.25, 0.3) is 0 Å². The topological polar surface area (TPSA) is 44.7 Å². The minimum atomic E-state index is -4.97. The Balaban J connectivity index is 1.70. The van der Waals surface area contributed by atoms with Gasteiger partial charge in [-0.25, -0.2) is 0 Å². The van der Waals surface area contributed by atoms with Crippen LogP contribution in [0.5, 0.6) is 0 Å². The Morgan fingerprint density at radius 3 is 2.19 bits per heavy atom. The molecule has 1 aromatic carbocycles. The highest BCUT2D eigenvalue weighted by atomic mass is 32.2. The van der Waals surface area contributed by atoms with Crippen LogP contribution >= 0.6 is 11.8 Å². The number of aliphatic imine (C=N–C) groups is 1. The van der Waals surface area contributed by atoms with E-state index in [1.165, 1.54) is 18.2 Å². The third-order valence-corrected chi connectivity index (χ3v) is 6.74. The highest BCUT2D eigenvalue weighted by molar-refractivity contribution is 8.14. The molecule has 0 radical (unpaired) electrons. The molecule has 0 spiro atoms. The third kappa shape index (κ3) is 6.32. The molecule has 1 aliphatic heterocycles. The van der Waals surface area contributed by atoms with Crippen molar-refractivity contribution < 1.29 is 31.1 Å². The van der Waals surface area contributed by atoms with Gasteiger partial charge in [0.05, 0.1) is 17.2 Å². The Hall–Kier alpha value is -1.91. The zero-order valence-corrected chi connectivity index (χ0v) is 18.3. The summed E-state index contributed by atoms with van der Waals surface area (Å²) >= 11 is 1.54. The van der Waals surface area contributed by atoms with Crippen molar-refractivity contribution in [3.8, 4) is 0 Å². The van der Waals surface area contributed by atoms with Crippen molar-refractivity contribution in [3.05, 3.63) is 29.3 Å². The van der Waals surface area contributed by atoms with Gasteiger partial charge >= 0.3 is 12.4 Å². The van der Waals surface area contributed by atoms with E-state index in [2.05, 4.69) is 5.32 Å². The van der Waals surface area contributed by atoms with Gasteiger partial charge in [0.1, 0.15) is 0 Å². The van der Waals surface area contributed by atoms with Gasteiger partial charge < -0.3 is 10.2 Å². The number of halogens is 6. The van der Waals surface area contributed by atoms with Gasteiger partial charge in [-0.15, -0.1) is 0 Å². The maximum Gasteiger partial charge on any atom is 0.416 e. The molecule has 2 fully saturated rings. The monoisotopic (exact) mass is 481 g/mol. The van der Waals surface area contributed by atoms with Crippen LogP contribution in [-0.2, 0) is 17.1 Å². The van der Waals surface area contributed by atoms with Crippen LogP contribution in [0.3, 0.4) is 0 Å². The third-order valence-electron chi connectivity index (χ3n) is 5.59. The number of amides is 1. The molecule has 0 aromatic heterocycles. The van der Waals surface area contributed by atoms with Crippen LogP contribution in [0.4, 0.5) is 32.0 Å². The SMILES string of the molecule is CCN1C(=NC2CCCCC2)SCC1CC(=O)Nc1cc(C(F)(F)F)cc(C(F)(F)F)c1. The predicted molar refractivity (Wildman–Crippen MR) is 113 cm³/mol. The number of hydrogen-bond donors (Lipinski definition) is 1. The number of hydrogen-bond acceptors (Lipinski definition) is 3. The number of nitrogens with one attached hydrogen (secondary N) is 1. The lowest BCUT2D eigenvalue weighted by molar-refractivity contribution is -0.143. The summed E-state index contributed by atoms with van der Waals surface area (Å²) in [5, 5.41) is 3.08. The summed E-state index contributed by atoms with van der Waals surface area (Å²) in [5.74, 6) is -0.0520. The lowest BCUT2D eigenvalue weighted by Gasteiger charge is -2.26. The molecule has 1 aliphatic carbocycles. The highest BCUT2D eigenvalue weighted by Crippen LogP contribution is 2.37. The number of anilines is 1. The number of amidine groups is 1.